The number of rotatable bonds is 5. The van der Waals surface area contributed by atoms with Gasteiger partial charge in [0.05, 0.1) is 6.42 Å². The van der Waals surface area contributed by atoms with Crippen molar-refractivity contribution in [2.75, 3.05) is 5.88 Å². The molecule has 4 heteroatoms. The lowest BCUT2D eigenvalue weighted by molar-refractivity contribution is -0.121. The van der Waals surface area contributed by atoms with E-state index in [9.17, 15) is 4.79 Å². The van der Waals surface area contributed by atoms with Crippen LogP contribution >= 0.6 is 27.5 Å². The molecule has 0 radical (unpaired) electrons. The van der Waals surface area contributed by atoms with Gasteiger partial charge in [-0.3, -0.25) is 4.79 Å². The van der Waals surface area contributed by atoms with E-state index < -0.39 is 0 Å². The molecule has 0 saturated heterocycles. The fraction of sp³-hybridized carbons (Fsp3) is 0.462. The first-order valence-corrected chi connectivity index (χ1v) is 6.95. The van der Waals surface area contributed by atoms with Crippen LogP contribution in [0.1, 0.15) is 19.4 Å². The number of amides is 1. The zero-order valence-electron chi connectivity index (χ0n) is 10.0. The summed E-state index contributed by atoms with van der Waals surface area (Å²) in [7, 11) is 0. The molecule has 0 saturated carbocycles. The second-order valence-electron chi connectivity index (χ2n) is 4.38. The Morgan fingerprint density at radius 2 is 2.18 bits per heavy atom. The molecule has 1 aromatic carbocycles. The van der Waals surface area contributed by atoms with E-state index in [2.05, 4.69) is 21.2 Å². The third kappa shape index (κ3) is 5.09. The minimum Gasteiger partial charge on any atom is -0.352 e. The fourth-order valence-electron chi connectivity index (χ4n) is 1.47. The molecule has 0 aromatic heterocycles. The minimum absolute atomic E-state index is 0.0162. The van der Waals surface area contributed by atoms with E-state index in [0.717, 1.165) is 10.0 Å². The van der Waals surface area contributed by atoms with Crippen LogP contribution in [0.25, 0.3) is 0 Å². The quantitative estimate of drug-likeness (QED) is 0.829. The van der Waals surface area contributed by atoms with E-state index in [1.165, 1.54) is 0 Å². The van der Waals surface area contributed by atoms with Crippen LogP contribution in [-0.4, -0.2) is 17.8 Å². The Hall–Kier alpha value is -0.540. The molecule has 0 aliphatic rings. The van der Waals surface area contributed by atoms with Gasteiger partial charge in [-0.2, -0.15) is 0 Å². The molecule has 1 unspecified atom stereocenters. The van der Waals surface area contributed by atoms with Crippen molar-refractivity contribution in [1.29, 1.82) is 0 Å². The first kappa shape index (κ1) is 14.5. The third-order valence-corrected chi connectivity index (χ3v) is 3.40. The topological polar surface area (TPSA) is 29.1 Å². The second kappa shape index (κ2) is 7.02. The molecular weight excluding hydrogens is 302 g/mol. The zero-order valence-corrected chi connectivity index (χ0v) is 12.4. The number of carbonyl (C=O) groups excluding carboxylic acids is 1. The van der Waals surface area contributed by atoms with Gasteiger partial charge in [-0.25, -0.2) is 0 Å². The summed E-state index contributed by atoms with van der Waals surface area (Å²) in [6.07, 6.45) is 0.388. The molecular formula is C13H17BrClNO. The summed E-state index contributed by atoms with van der Waals surface area (Å²) in [4.78, 5) is 11.8. The van der Waals surface area contributed by atoms with Gasteiger partial charge in [-0.1, -0.05) is 41.9 Å². The maximum atomic E-state index is 11.8. The van der Waals surface area contributed by atoms with Crippen molar-refractivity contribution < 1.29 is 4.79 Å². The van der Waals surface area contributed by atoms with E-state index in [0.29, 0.717) is 18.2 Å². The summed E-state index contributed by atoms with van der Waals surface area (Å²) < 4.78 is 0.987. The Labute approximate surface area is 116 Å². The van der Waals surface area contributed by atoms with E-state index >= 15 is 0 Å². The molecule has 1 N–H and O–H groups in total. The van der Waals surface area contributed by atoms with E-state index in [-0.39, 0.29) is 11.9 Å². The predicted molar refractivity (Wildman–Crippen MR) is 75.3 cm³/mol. The van der Waals surface area contributed by atoms with Crippen molar-refractivity contribution in [3.8, 4) is 0 Å². The number of alkyl halides is 1. The normalized spacial score (nSPS) is 12.5. The Morgan fingerprint density at radius 1 is 1.47 bits per heavy atom. The lowest BCUT2D eigenvalue weighted by Crippen LogP contribution is -2.40. The van der Waals surface area contributed by atoms with Gasteiger partial charge in [0.25, 0.3) is 0 Å². The van der Waals surface area contributed by atoms with Gasteiger partial charge >= 0.3 is 0 Å². The smallest absolute Gasteiger partial charge is 0.224 e. The Bertz CT molecular complexity index is 381. The van der Waals surface area contributed by atoms with E-state index in [1.807, 2.05) is 38.1 Å². The van der Waals surface area contributed by atoms with Crippen LogP contribution < -0.4 is 5.32 Å². The Balaban J connectivity index is 2.55. The summed E-state index contributed by atoms with van der Waals surface area (Å²) in [5.74, 6) is 0.809. The highest BCUT2D eigenvalue weighted by molar-refractivity contribution is 9.10. The first-order chi connectivity index (χ1) is 8.02. The standard InChI is InChI=1S/C13H17BrClNO/c1-9(2)12(8-15)16-13(17)7-10-4-3-5-11(14)6-10/h3-6,9,12H,7-8H2,1-2H3,(H,16,17). The molecule has 0 heterocycles. The number of hydrogen-bond donors (Lipinski definition) is 1. The van der Waals surface area contributed by atoms with E-state index in [4.69, 9.17) is 11.6 Å². The van der Waals surface area contributed by atoms with Crippen molar-refractivity contribution in [2.45, 2.75) is 26.3 Å². The van der Waals surface area contributed by atoms with Gasteiger partial charge < -0.3 is 5.32 Å². The van der Waals surface area contributed by atoms with Gasteiger partial charge in [-0.15, -0.1) is 11.6 Å². The minimum atomic E-state index is 0.0162. The number of halogens is 2. The van der Waals surface area contributed by atoms with Crippen molar-refractivity contribution >= 4 is 33.4 Å². The van der Waals surface area contributed by atoms with Crippen LogP contribution in [0.3, 0.4) is 0 Å². The summed E-state index contributed by atoms with van der Waals surface area (Å²) in [6.45, 7) is 4.10. The van der Waals surface area contributed by atoms with Crippen LogP contribution in [0, 0.1) is 5.92 Å². The molecule has 1 atom stereocenters. The number of nitrogens with one attached hydrogen (secondary N) is 1. The highest BCUT2D eigenvalue weighted by atomic mass is 79.9. The first-order valence-electron chi connectivity index (χ1n) is 5.62. The van der Waals surface area contributed by atoms with Gasteiger partial charge in [0.15, 0.2) is 0 Å². The molecule has 2 nitrogen and oxygen atoms in total. The highest BCUT2D eigenvalue weighted by Gasteiger charge is 2.14. The van der Waals surface area contributed by atoms with Crippen LogP contribution in [-0.2, 0) is 11.2 Å². The van der Waals surface area contributed by atoms with Crippen molar-refractivity contribution in [2.24, 2.45) is 5.92 Å². The summed E-state index contributed by atoms with van der Waals surface area (Å²) >= 11 is 9.20. The van der Waals surface area contributed by atoms with Crippen LogP contribution in [0.15, 0.2) is 28.7 Å². The van der Waals surface area contributed by atoms with Gasteiger partial charge in [0.1, 0.15) is 0 Å². The maximum absolute atomic E-state index is 11.8. The molecule has 94 valence electrons. The van der Waals surface area contributed by atoms with Crippen molar-refractivity contribution in [3.63, 3.8) is 0 Å². The van der Waals surface area contributed by atoms with Gasteiger partial charge in [-0.05, 0) is 23.6 Å². The summed E-state index contributed by atoms with van der Waals surface area (Å²) in [5, 5.41) is 2.95. The molecule has 1 aromatic rings. The molecule has 0 fully saturated rings. The molecule has 1 amide bonds. The molecule has 0 spiro atoms. The molecule has 0 aliphatic heterocycles. The molecule has 17 heavy (non-hydrogen) atoms. The number of benzene rings is 1. The largest absolute Gasteiger partial charge is 0.352 e. The summed E-state index contributed by atoms with van der Waals surface area (Å²) in [5.41, 5.74) is 0.994. The highest BCUT2D eigenvalue weighted by Crippen LogP contribution is 2.12. The third-order valence-electron chi connectivity index (χ3n) is 2.57. The lowest BCUT2D eigenvalue weighted by atomic mass is 10.1. The average Bonchev–Trinajstić information content (AvgIpc) is 2.25. The monoisotopic (exact) mass is 317 g/mol. The number of carbonyl (C=O) groups is 1. The van der Waals surface area contributed by atoms with Crippen LogP contribution in [0.5, 0.6) is 0 Å². The Morgan fingerprint density at radius 3 is 2.71 bits per heavy atom. The van der Waals surface area contributed by atoms with Gasteiger partial charge in [0.2, 0.25) is 5.91 Å². The fourth-order valence-corrected chi connectivity index (χ4v) is 2.35. The zero-order chi connectivity index (χ0) is 12.8. The van der Waals surface area contributed by atoms with Crippen molar-refractivity contribution in [3.05, 3.63) is 34.3 Å². The lowest BCUT2D eigenvalue weighted by Gasteiger charge is -2.19. The maximum Gasteiger partial charge on any atom is 0.224 e. The molecule has 1 rings (SSSR count). The molecule has 0 bridgehead atoms. The van der Waals surface area contributed by atoms with Gasteiger partial charge in [0, 0.05) is 16.4 Å². The average molecular weight is 319 g/mol. The SMILES string of the molecule is CC(C)C(CCl)NC(=O)Cc1cccc(Br)c1. The van der Waals surface area contributed by atoms with Crippen molar-refractivity contribution in [1.82, 2.24) is 5.32 Å². The predicted octanol–water partition coefficient (Wildman–Crippen LogP) is 3.37. The number of hydrogen-bond acceptors (Lipinski definition) is 1. The van der Waals surface area contributed by atoms with Crippen LogP contribution in [0.2, 0.25) is 0 Å². The molecule has 0 aliphatic carbocycles. The second-order valence-corrected chi connectivity index (χ2v) is 5.60. The van der Waals surface area contributed by atoms with Crippen LogP contribution in [0.4, 0.5) is 0 Å². The Kier molecular flexibility index (Phi) is 6.00. The summed E-state index contributed by atoms with van der Waals surface area (Å²) in [6, 6.07) is 7.79. The van der Waals surface area contributed by atoms with E-state index in [1.54, 1.807) is 0 Å².